The van der Waals surface area contributed by atoms with Crippen molar-refractivity contribution >= 4 is 28.6 Å². The number of carbonyl (C=O) groups excluding carboxylic acids is 1. The topological polar surface area (TPSA) is 106 Å². The second-order valence-electron chi connectivity index (χ2n) is 4.60. The molecule has 1 heterocycles. The Morgan fingerprint density at radius 3 is 2.27 bits per heavy atom. The summed E-state index contributed by atoms with van der Waals surface area (Å²) < 4.78 is 30.4. The second kappa shape index (κ2) is 5.95. The molecule has 0 radical (unpaired) electrons. The number of ether oxygens (including phenoxy) is 1. The van der Waals surface area contributed by atoms with Gasteiger partial charge in [-0.25, -0.2) is 17.2 Å². The SMILES string of the molecule is COC(=O)c1c(B(O)O)ccn1S(=O)(=O)c1ccc(C)cc1. The molecule has 1 aromatic heterocycles. The zero-order valence-corrected chi connectivity index (χ0v) is 12.7. The van der Waals surface area contributed by atoms with E-state index in [1.54, 1.807) is 12.1 Å². The van der Waals surface area contributed by atoms with E-state index in [0.717, 1.165) is 24.9 Å². The van der Waals surface area contributed by atoms with Crippen LogP contribution in [0, 0.1) is 6.92 Å². The number of aromatic nitrogens is 1. The van der Waals surface area contributed by atoms with E-state index in [4.69, 9.17) is 0 Å². The van der Waals surface area contributed by atoms with Crippen molar-refractivity contribution in [2.24, 2.45) is 0 Å². The van der Waals surface area contributed by atoms with Crippen molar-refractivity contribution in [3.8, 4) is 0 Å². The van der Waals surface area contributed by atoms with Crippen LogP contribution in [0.5, 0.6) is 0 Å². The molecule has 1 aromatic carbocycles. The van der Waals surface area contributed by atoms with Gasteiger partial charge in [0.25, 0.3) is 10.0 Å². The predicted octanol–water partition coefficient (Wildman–Crippen LogP) is -0.500. The number of rotatable bonds is 4. The minimum atomic E-state index is -4.06. The number of esters is 1. The molecular formula is C13H14BNO6S. The van der Waals surface area contributed by atoms with Crippen LogP contribution in [0.2, 0.25) is 0 Å². The van der Waals surface area contributed by atoms with E-state index in [-0.39, 0.29) is 10.4 Å². The van der Waals surface area contributed by atoms with E-state index >= 15 is 0 Å². The Morgan fingerprint density at radius 1 is 1.18 bits per heavy atom. The summed E-state index contributed by atoms with van der Waals surface area (Å²) in [6, 6.07) is 7.19. The molecule has 2 aromatic rings. The first-order valence-electron chi connectivity index (χ1n) is 6.27. The molecule has 0 saturated heterocycles. The van der Waals surface area contributed by atoms with Crippen LogP contribution in [-0.4, -0.2) is 42.6 Å². The first-order valence-corrected chi connectivity index (χ1v) is 7.71. The first-order chi connectivity index (χ1) is 10.3. The van der Waals surface area contributed by atoms with E-state index < -0.39 is 28.8 Å². The summed E-state index contributed by atoms with van der Waals surface area (Å²) in [5.41, 5.74) is 0.187. The normalized spacial score (nSPS) is 11.3. The van der Waals surface area contributed by atoms with Crippen molar-refractivity contribution in [3.63, 3.8) is 0 Å². The van der Waals surface area contributed by atoms with E-state index in [9.17, 15) is 23.3 Å². The lowest BCUT2D eigenvalue weighted by Crippen LogP contribution is -2.35. The third-order valence-corrected chi connectivity index (χ3v) is 4.81. The number of aryl methyl sites for hydroxylation is 1. The molecule has 0 aliphatic rings. The average molecular weight is 323 g/mol. The Hall–Kier alpha value is -2.10. The predicted molar refractivity (Wildman–Crippen MR) is 79.4 cm³/mol. The summed E-state index contributed by atoms with van der Waals surface area (Å²) in [4.78, 5) is 11.8. The Bertz CT molecular complexity index is 794. The standard InChI is InChI=1S/C13H14BNO6S/c1-9-3-5-10(6-4-9)22(19,20)15-8-7-11(14(17)18)12(15)13(16)21-2/h3-8,17-18H,1-2H3. The van der Waals surface area contributed by atoms with E-state index in [1.165, 1.54) is 12.1 Å². The third kappa shape index (κ3) is 2.78. The van der Waals surface area contributed by atoms with Crippen LogP contribution in [0.15, 0.2) is 41.4 Å². The van der Waals surface area contributed by atoms with Gasteiger partial charge in [-0.05, 0) is 25.1 Å². The second-order valence-corrected chi connectivity index (χ2v) is 6.41. The van der Waals surface area contributed by atoms with Gasteiger partial charge < -0.3 is 14.8 Å². The van der Waals surface area contributed by atoms with Gasteiger partial charge in [0.1, 0.15) is 5.69 Å². The third-order valence-electron chi connectivity index (χ3n) is 3.12. The Morgan fingerprint density at radius 2 is 1.77 bits per heavy atom. The fraction of sp³-hybridized carbons (Fsp3) is 0.154. The van der Waals surface area contributed by atoms with Crippen molar-refractivity contribution in [2.75, 3.05) is 7.11 Å². The highest BCUT2D eigenvalue weighted by Crippen LogP contribution is 2.17. The largest absolute Gasteiger partial charge is 0.490 e. The molecule has 2 rings (SSSR count). The highest BCUT2D eigenvalue weighted by molar-refractivity contribution is 7.90. The van der Waals surface area contributed by atoms with Crippen molar-refractivity contribution < 1.29 is 28.0 Å². The summed E-state index contributed by atoms with van der Waals surface area (Å²) >= 11 is 0. The molecule has 0 amide bonds. The van der Waals surface area contributed by atoms with E-state index in [0.29, 0.717) is 3.97 Å². The van der Waals surface area contributed by atoms with Gasteiger partial charge in [0.2, 0.25) is 0 Å². The quantitative estimate of drug-likeness (QED) is 0.580. The maximum atomic E-state index is 12.6. The number of hydrogen-bond donors (Lipinski definition) is 2. The van der Waals surface area contributed by atoms with Gasteiger partial charge in [0.15, 0.2) is 0 Å². The number of nitrogens with zero attached hydrogens (tertiary/aromatic N) is 1. The van der Waals surface area contributed by atoms with Gasteiger partial charge in [-0.1, -0.05) is 17.7 Å². The molecule has 0 aliphatic carbocycles. The van der Waals surface area contributed by atoms with Gasteiger partial charge >= 0.3 is 13.1 Å². The van der Waals surface area contributed by atoms with Gasteiger partial charge in [-0.2, -0.15) is 0 Å². The van der Waals surface area contributed by atoms with Crippen LogP contribution in [0.3, 0.4) is 0 Å². The van der Waals surface area contributed by atoms with E-state index in [1.807, 2.05) is 6.92 Å². The highest BCUT2D eigenvalue weighted by Gasteiger charge is 2.30. The number of carbonyl (C=O) groups is 1. The summed E-state index contributed by atoms with van der Waals surface area (Å²) in [6.07, 6.45) is 1.08. The lowest BCUT2D eigenvalue weighted by atomic mass is 9.80. The Balaban J connectivity index is 2.66. The molecule has 0 spiro atoms. The minimum absolute atomic E-state index is 0.0298. The van der Waals surface area contributed by atoms with Crippen LogP contribution in [0.25, 0.3) is 0 Å². The smallest absolute Gasteiger partial charge is 0.464 e. The molecule has 0 unspecified atom stereocenters. The van der Waals surface area contributed by atoms with E-state index in [2.05, 4.69) is 4.74 Å². The molecule has 7 nitrogen and oxygen atoms in total. The number of benzene rings is 1. The minimum Gasteiger partial charge on any atom is -0.464 e. The molecule has 0 fully saturated rings. The molecule has 9 heteroatoms. The average Bonchev–Trinajstić information content (AvgIpc) is 2.92. The maximum absolute atomic E-state index is 12.6. The lowest BCUT2D eigenvalue weighted by Gasteiger charge is -2.11. The number of hydrogen-bond acceptors (Lipinski definition) is 6. The van der Waals surface area contributed by atoms with Crippen molar-refractivity contribution in [1.29, 1.82) is 0 Å². The fourth-order valence-corrected chi connectivity index (χ4v) is 3.31. The van der Waals surface area contributed by atoms with Gasteiger partial charge in [0, 0.05) is 11.7 Å². The van der Waals surface area contributed by atoms with Crippen LogP contribution >= 0.6 is 0 Å². The lowest BCUT2D eigenvalue weighted by molar-refractivity contribution is 0.0594. The molecule has 0 atom stereocenters. The zero-order valence-electron chi connectivity index (χ0n) is 11.9. The Labute approximate surface area is 128 Å². The van der Waals surface area contributed by atoms with Gasteiger partial charge in [0.05, 0.1) is 12.0 Å². The fourth-order valence-electron chi connectivity index (χ4n) is 1.97. The van der Waals surface area contributed by atoms with Crippen LogP contribution in [0.4, 0.5) is 0 Å². The monoisotopic (exact) mass is 323 g/mol. The Kier molecular flexibility index (Phi) is 4.41. The summed E-state index contributed by atoms with van der Waals surface area (Å²) in [6.45, 7) is 1.81. The zero-order chi connectivity index (χ0) is 16.5. The molecule has 22 heavy (non-hydrogen) atoms. The molecule has 0 aliphatic heterocycles. The maximum Gasteiger partial charge on any atom is 0.490 e. The van der Waals surface area contributed by atoms with Crippen molar-refractivity contribution in [3.05, 3.63) is 47.8 Å². The van der Waals surface area contributed by atoms with Crippen LogP contribution in [-0.2, 0) is 14.8 Å². The molecule has 116 valence electrons. The van der Waals surface area contributed by atoms with Crippen LogP contribution in [0.1, 0.15) is 16.1 Å². The summed E-state index contributed by atoms with van der Waals surface area (Å²) in [5, 5.41) is 18.5. The van der Waals surface area contributed by atoms with Gasteiger partial charge in [-0.15, -0.1) is 0 Å². The van der Waals surface area contributed by atoms with Gasteiger partial charge in [-0.3, -0.25) is 0 Å². The molecule has 2 N–H and O–H groups in total. The highest BCUT2D eigenvalue weighted by atomic mass is 32.2. The summed E-state index contributed by atoms with van der Waals surface area (Å²) in [7, 11) is -4.98. The van der Waals surface area contributed by atoms with Crippen molar-refractivity contribution in [2.45, 2.75) is 11.8 Å². The summed E-state index contributed by atoms with van der Waals surface area (Å²) in [5.74, 6) is -0.983. The molecule has 0 bridgehead atoms. The van der Waals surface area contributed by atoms with Crippen LogP contribution < -0.4 is 5.46 Å². The first kappa shape index (κ1) is 16.3. The molecule has 0 saturated carbocycles. The number of methoxy groups -OCH3 is 1. The molecular weight excluding hydrogens is 309 g/mol. The van der Waals surface area contributed by atoms with Crippen molar-refractivity contribution in [1.82, 2.24) is 3.97 Å².